The van der Waals surface area contributed by atoms with Crippen molar-refractivity contribution in [3.63, 3.8) is 0 Å². The van der Waals surface area contributed by atoms with Gasteiger partial charge in [-0.2, -0.15) is 0 Å². The molecule has 0 amide bonds. The average Bonchev–Trinajstić information content (AvgIpc) is 2.98. The molecular weight excluding hydrogens is 372 g/mol. The van der Waals surface area contributed by atoms with Gasteiger partial charge in [0, 0.05) is 10.6 Å². The van der Waals surface area contributed by atoms with Crippen molar-refractivity contribution in [3.8, 4) is 5.69 Å². The van der Waals surface area contributed by atoms with Gasteiger partial charge in [-0.15, -0.1) is 11.3 Å². The van der Waals surface area contributed by atoms with Crippen molar-refractivity contribution in [1.29, 1.82) is 0 Å². The molecule has 0 spiro atoms. The lowest BCUT2D eigenvalue weighted by Crippen LogP contribution is -2.21. The zero-order valence-corrected chi connectivity index (χ0v) is 18.3. The Kier molecular flexibility index (Phi) is 6.77. The summed E-state index contributed by atoms with van der Waals surface area (Å²) in [6.45, 7) is 8.58. The second-order valence-electron chi connectivity index (χ2n) is 6.84. The summed E-state index contributed by atoms with van der Waals surface area (Å²) in [5.74, 6) is 0.980. The summed E-state index contributed by atoms with van der Waals surface area (Å²) in [5.41, 5.74) is 3.36. The fourth-order valence-corrected chi connectivity index (χ4v) is 5.60. The van der Waals surface area contributed by atoms with Crippen molar-refractivity contribution in [1.82, 2.24) is 9.55 Å². The minimum Gasteiger partial charge on any atom is -0.268 e. The summed E-state index contributed by atoms with van der Waals surface area (Å²) < 4.78 is 1.82. The van der Waals surface area contributed by atoms with E-state index in [2.05, 4.69) is 39.8 Å². The number of fused-ring (bicyclic) bond motifs is 1. The Hall–Kier alpha value is -1.59. The number of thiophene rings is 1. The fourth-order valence-electron chi connectivity index (χ4n) is 3.19. The third-order valence-electron chi connectivity index (χ3n) is 4.84. The van der Waals surface area contributed by atoms with Crippen molar-refractivity contribution >= 4 is 33.3 Å². The van der Waals surface area contributed by atoms with Crippen LogP contribution in [0.15, 0.2) is 34.2 Å². The van der Waals surface area contributed by atoms with Crippen LogP contribution in [0.3, 0.4) is 0 Å². The summed E-state index contributed by atoms with van der Waals surface area (Å²) in [6.07, 6.45) is 5.35. The number of benzene rings is 1. The molecule has 0 saturated carbocycles. The van der Waals surface area contributed by atoms with Crippen molar-refractivity contribution in [3.05, 3.63) is 50.6 Å². The largest absolute Gasteiger partial charge is 0.268 e. The molecule has 2 aromatic heterocycles. The van der Waals surface area contributed by atoms with Crippen molar-refractivity contribution in [2.75, 3.05) is 5.75 Å². The Bertz CT molecular complexity index is 971. The maximum absolute atomic E-state index is 13.5. The summed E-state index contributed by atoms with van der Waals surface area (Å²) in [6, 6.07) is 8.31. The highest BCUT2D eigenvalue weighted by Crippen LogP contribution is 2.31. The molecule has 0 bridgehead atoms. The Balaban J connectivity index is 2.20. The van der Waals surface area contributed by atoms with Crippen LogP contribution in [0, 0.1) is 6.92 Å². The molecule has 5 heteroatoms. The topological polar surface area (TPSA) is 34.9 Å². The molecule has 0 aliphatic rings. The molecule has 2 heterocycles. The van der Waals surface area contributed by atoms with Gasteiger partial charge in [-0.25, -0.2) is 4.98 Å². The van der Waals surface area contributed by atoms with Gasteiger partial charge in [0.25, 0.3) is 5.56 Å². The molecule has 3 rings (SSSR count). The van der Waals surface area contributed by atoms with Gasteiger partial charge in [0.1, 0.15) is 4.83 Å². The van der Waals surface area contributed by atoms with E-state index in [1.807, 2.05) is 16.7 Å². The monoisotopic (exact) mass is 400 g/mol. The molecule has 0 radical (unpaired) electrons. The number of thioether (sulfide) groups is 1. The highest BCUT2D eigenvalue weighted by atomic mass is 32.2. The summed E-state index contributed by atoms with van der Waals surface area (Å²) in [4.78, 5) is 20.6. The van der Waals surface area contributed by atoms with Gasteiger partial charge < -0.3 is 0 Å². The van der Waals surface area contributed by atoms with Crippen LogP contribution in [-0.4, -0.2) is 15.3 Å². The van der Waals surface area contributed by atoms with E-state index in [1.54, 1.807) is 23.1 Å². The van der Waals surface area contributed by atoms with E-state index in [0.717, 1.165) is 64.5 Å². The number of unbranched alkanes of at least 4 members (excludes halogenated alkanes) is 1. The molecule has 0 atom stereocenters. The van der Waals surface area contributed by atoms with Crippen LogP contribution in [0.25, 0.3) is 15.9 Å². The van der Waals surface area contributed by atoms with Crippen LogP contribution in [0.1, 0.15) is 56.0 Å². The second-order valence-corrected chi connectivity index (χ2v) is 8.98. The highest BCUT2D eigenvalue weighted by molar-refractivity contribution is 7.99. The molecule has 0 saturated heterocycles. The van der Waals surface area contributed by atoms with E-state index < -0.39 is 0 Å². The molecule has 27 heavy (non-hydrogen) atoms. The Morgan fingerprint density at radius 1 is 1.11 bits per heavy atom. The third kappa shape index (κ3) is 4.14. The standard InChI is InChI=1S/C22H28N2OS2/c1-5-8-14-26-22-23-20-19(15(4)18(27-20)9-6-2)21(25)24(22)17-12-10-16(7-3)11-13-17/h10-13H,5-9,14H2,1-4H3. The smallest absolute Gasteiger partial charge is 0.267 e. The average molecular weight is 401 g/mol. The molecule has 0 aliphatic heterocycles. The van der Waals surface area contributed by atoms with E-state index in [-0.39, 0.29) is 5.56 Å². The van der Waals surface area contributed by atoms with Crippen LogP contribution in [0.2, 0.25) is 0 Å². The summed E-state index contributed by atoms with van der Waals surface area (Å²) in [5, 5.41) is 1.61. The lowest BCUT2D eigenvalue weighted by molar-refractivity contribution is 0.815. The van der Waals surface area contributed by atoms with Crippen LogP contribution in [0.4, 0.5) is 0 Å². The van der Waals surface area contributed by atoms with Gasteiger partial charge in [-0.05, 0) is 49.4 Å². The number of aromatic nitrogens is 2. The lowest BCUT2D eigenvalue weighted by Gasteiger charge is -2.12. The van der Waals surface area contributed by atoms with Gasteiger partial charge in [-0.1, -0.05) is 57.5 Å². The first kappa shape index (κ1) is 20.2. The van der Waals surface area contributed by atoms with Gasteiger partial charge in [0.2, 0.25) is 0 Å². The minimum absolute atomic E-state index is 0.0688. The van der Waals surface area contributed by atoms with Gasteiger partial charge in [0.05, 0.1) is 11.1 Å². The van der Waals surface area contributed by atoms with E-state index in [9.17, 15) is 4.79 Å². The Morgan fingerprint density at radius 2 is 1.85 bits per heavy atom. The maximum atomic E-state index is 13.5. The van der Waals surface area contributed by atoms with Crippen molar-refractivity contribution < 1.29 is 0 Å². The first-order chi connectivity index (χ1) is 13.1. The van der Waals surface area contributed by atoms with E-state index >= 15 is 0 Å². The van der Waals surface area contributed by atoms with E-state index in [4.69, 9.17) is 4.98 Å². The predicted octanol–water partition coefficient (Wildman–Crippen LogP) is 6.16. The number of aryl methyl sites for hydroxylation is 3. The summed E-state index contributed by atoms with van der Waals surface area (Å²) >= 11 is 3.38. The number of hydrogen-bond acceptors (Lipinski definition) is 4. The van der Waals surface area contributed by atoms with E-state index in [0.29, 0.717) is 0 Å². The molecule has 0 aliphatic carbocycles. The minimum atomic E-state index is 0.0688. The zero-order chi connectivity index (χ0) is 19.4. The van der Waals surface area contributed by atoms with Gasteiger partial charge in [-0.3, -0.25) is 9.36 Å². The lowest BCUT2D eigenvalue weighted by atomic mass is 10.1. The molecular formula is C22H28N2OS2. The molecule has 3 nitrogen and oxygen atoms in total. The zero-order valence-electron chi connectivity index (χ0n) is 16.7. The molecule has 0 N–H and O–H groups in total. The van der Waals surface area contributed by atoms with Crippen LogP contribution < -0.4 is 5.56 Å². The number of rotatable bonds is 8. The van der Waals surface area contributed by atoms with Gasteiger partial charge in [0.15, 0.2) is 5.16 Å². The predicted molar refractivity (Wildman–Crippen MR) is 119 cm³/mol. The molecule has 144 valence electrons. The number of hydrogen-bond donors (Lipinski definition) is 0. The summed E-state index contributed by atoms with van der Waals surface area (Å²) in [7, 11) is 0. The fraction of sp³-hybridized carbons (Fsp3) is 0.455. The Labute approximate surface area is 169 Å². The first-order valence-corrected chi connectivity index (χ1v) is 11.7. The third-order valence-corrected chi connectivity index (χ3v) is 7.11. The highest BCUT2D eigenvalue weighted by Gasteiger charge is 2.18. The second kappa shape index (κ2) is 9.07. The van der Waals surface area contributed by atoms with Crippen LogP contribution in [0.5, 0.6) is 0 Å². The maximum Gasteiger partial charge on any atom is 0.267 e. The Morgan fingerprint density at radius 3 is 2.48 bits per heavy atom. The van der Waals surface area contributed by atoms with Crippen LogP contribution in [-0.2, 0) is 12.8 Å². The SMILES string of the molecule is CCCCSc1nc2sc(CCC)c(C)c2c(=O)n1-c1ccc(CC)cc1. The quantitative estimate of drug-likeness (QED) is 0.258. The van der Waals surface area contributed by atoms with E-state index in [1.165, 1.54) is 10.4 Å². The number of nitrogens with zero attached hydrogens (tertiary/aromatic N) is 2. The van der Waals surface area contributed by atoms with Crippen LogP contribution >= 0.6 is 23.1 Å². The normalized spacial score (nSPS) is 11.4. The molecule has 0 unspecified atom stereocenters. The first-order valence-electron chi connectivity index (χ1n) is 9.87. The van der Waals surface area contributed by atoms with Crippen molar-refractivity contribution in [2.45, 2.75) is 65.0 Å². The van der Waals surface area contributed by atoms with Gasteiger partial charge >= 0.3 is 0 Å². The molecule has 0 fully saturated rings. The molecule has 1 aromatic carbocycles. The molecule has 3 aromatic rings. The van der Waals surface area contributed by atoms with Crippen molar-refractivity contribution in [2.24, 2.45) is 0 Å².